The van der Waals surface area contributed by atoms with Crippen LogP contribution in [0, 0.1) is 0 Å². The van der Waals surface area contributed by atoms with E-state index in [-0.39, 0.29) is 0 Å². The highest BCUT2D eigenvalue weighted by Crippen LogP contribution is 2.31. The second kappa shape index (κ2) is 5.46. The molecule has 0 aliphatic carbocycles. The van der Waals surface area contributed by atoms with Crippen LogP contribution in [-0.4, -0.2) is 17.1 Å². The average molecular weight is 301 g/mol. The SMILES string of the molecule is COc1ccc(Cl)c(Nc2ncnc3cc(N)ccc23)c1. The Bertz CT molecular complexity index is 807. The van der Waals surface area contributed by atoms with Gasteiger partial charge >= 0.3 is 0 Å². The van der Waals surface area contributed by atoms with Gasteiger partial charge in [-0.2, -0.15) is 0 Å². The van der Waals surface area contributed by atoms with E-state index in [4.69, 9.17) is 22.1 Å². The second-order valence-corrected chi connectivity index (χ2v) is 4.88. The van der Waals surface area contributed by atoms with Gasteiger partial charge in [-0.15, -0.1) is 0 Å². The first-order valence-corrected chi connectivity index (χ1v) is 6.66. The maximum Gasteiger partial charge on any atom is 0.141 e. The predicted octanol–water partition coefficient (Wildman–Crippen LogP) is 3.62. The Balaban J connectivity index is 2.06. The molecule has 3 N–H and O–H groups in total. The van der Waals surface area contributed by atoms with Gasteiger partial charge in [0.2, 0.25) is 0 Å². The maximum absolute atomic E-state index is 6.20. The summed E-state index contributed by atoms with van der Waals surface area (Å²) in [6.07, 6.45) is 1.48. The van der Waals surface area contributed by atoms with E-state index in [9.17, 15) is 0 Å². The average Bonchev–Trinajstić information content (AvgIpc) is 2.49. The molecule has 3 aromatic rings. The molecular weight excluding hydrogens is 288 g/mol. The number of halogens is 1. The number of nitrogens with two attached hydrogens (primary N) is 1. The van der Waals surface area contributed by atoms with Crippen molar-refractivity contribution in [3.05, 3.63) is 47.7 Å². The first-order valence-electron chi connectivity index (χ1n) is 6.28. The Hall–Kier alpha value is -2.53. The summed E-state index contributed by atoms with van der Waals surface area (Å²) in [5, 5.41) is 4.65. The molecule has 0 aliphatic heterocycles. The van der Waals surface area contributed by atoms with Crippen LogP contribution in [0.4, 0.5) is 17.2 Å². The van der Waals surface area contributed by atoms with Gasteiger partial charge in [-0.3, -0.25) is 0 Å². The van der Waals surface area contributed by atoms with E-state index in [1.807, 2.05) is 18.2 Å². The largest absolute Gasteiger partial charge is 0.497 e. The summed E-state index contributed by atoms with van der Waals surface area (Å²) in [4.78, 5) is 8.48. The molecular formula is C15H13ClN4O. The first kappa shape index (κ1) is 13.5. The zero-order valence-corrected chi connectivity index (χ0v) is 12.1. The summed E-state index contributed by atoms with van der Waals surface area (Å²) >= 11 is 6.20. The van der Waals surface area contributed by atoms with Gasteiger partial charge in [0.25, 0.3) is 0 Å². The van der Waals surface area contributed by atoms with Gasteiger partial charge in [0.15, 0.2) is 0 Å². The molecule has 0 saturated carbocycles. The number of nitrogens with one attached hydrogen (secondary N) is 1. The number of hydrogen-bond acceptors (Lipinski definition) is 5. The molecule has 0 spiro atoms. The number of nitrogen functional groups attached to an aromatic ring is 1. The van der Waals surface area contributed by atoms with Crippen molar-refractivity contribution in [2.45, 2.75) is 0 Å². The van der Waals surface area contributed by atoms with Gasteiger partial charge < -0.3 is 15.8 Å². The number of benzene rings is 2. The monoisotopic (exact) mass is 300 g/mol. The van der Waals surface area contributed by atoms with Crippen LogP contribution >= 0.6 is 11.6 Å². The lowest BCUT2D eigenvalue weighted by atomic mass is 10.2. The van der Waals surface area contributed by atoms with Crippen molar-refractivity contribution >= 4 is 39.7 Å². The van der Waals surface area contributed by atoms with Crippen molar-refractivity contribution in [1.29, 1.82) is 0 Å². The third-order valence-corrected chi connectivity index (χ3v) is 3.42. The van der Waals surface area contributed by atoms with E-state index in [0.29, 0.717) is 28.0 Å². The van der Waals surface area contributed by atoms with Crippen molar-refractivity contribution in [1.82, 2.24) is 9.97 Å². The second-order valence-electron chi connectivity index (χ2n) is 4.47. The Labute approximate surface area is 126 Å². The molecule has 0 atom stereocenters. The molecule has 2 aromatic carbocycles. The van der Waals surface area contributed by atoms with Crippen molar-refractivity contribution < 1.29 is 4.74 Å². The number of fused-ring (bicyclic) bond motifs is 1. The van der Waals surface area contributed by atoms with Gasteiger partial charge in [-0.1, -0.05) is 11.6 Å². The van der Waals surface area contributed by atoms with Crippen molar-refractivity contribution in [2.24, 2.45) is 0 Å². The molecule has 3 rings (SSSR count). The lowest BCUT2D eigenvalue weighted by Crippen LogP contribution is -1.98. The van der Waals surface area contributed by atoms with Crippen molar-refractivity contribution in [3.63, 3.8) is 0 Å². The van der Waals surface area contributed by atoms with E-state index in [1.54, 1.807) is 25.3 Å². The van der Waals surface area contributed by atoms with E-state index in [0.717, 1.165) is 10.9 Å². The number of nitrogens with zero attached hydrogens (tertiary/aromatic N) is 2. The fourth-order valence-corrected chi connectivity index (χ4v) is 2.19. The van der Waals surface area contributed by atoms with Crippen LogP contribution in [0.3, 0.4) is 0 Å². The van der Waals surface area contributed by atoms with Gasteiger partial charge in [-0.05, 0) is 30.3 Å². The van der Waals surface area contributed by atoms with E-state index >= 15 is 0 Å². The van der Waals surface area contributed by atoms with Crippen LogP contribution < -0.4 is 15.8 Å². The summed E-state index contributed by atoms with van der Waals surface area (Å²) in [5.41, 5.74) is 7.91. The van der Waals surface area contributed by atoms with Crippen LogP contribution in [0.25, 0.3) is 10.9 Å². The number of anilines is 3. The quantitative estimate of drug-likeness (QED) is 0.723. The third kappa shape index (κ3) is 2.68. The van der Waals surface area contributed by atoms with Gasteiger partial charge in [0.1, 0.15) is 17.9 Å². The van der Waals surface area contributed by atoms with Crippen LogP contribution in [0.1, 0.15) is 0 Å². The third-order valence-electron chi connectivity index (χ3n) is 3.09. The molecule has 0 unspecified atom stereocenters. The summed E-state index contributed by atoms with van der Waals surface area (Å²) in [6.45, 7) is 0. The molecule has 0 fully saturated rings. The van der Waals surface area contributed by atoms with Gasteiger partial charge in [-0.25, -0.2) is 9.97 Å². The molecule has 6 heteroatoms. The van der Waals surface area contributed by atoms with Crippen LogP contribution in [0.15, 0.2) is 42.7 Å². The van der Waals surface area contributed by atoms with E-state index in [2.05, 4.69) is 15.3 Å². The molecule has 0 bridgehead atoms. The Morgan fingerprint density at radius 1 is 1.14 bits per heavy atom. The standard InChI is InChI=1S/C15H13ClN4O/c1-21-10-3-5-12(16)14(7-10)20-15-11-4-2-9(17)6-13(11)18-8-19-15/h2-8H,17H2,1H3,(H,18,19,20). The lowest BCUT2D eigenvalue weighted by molar-refractivity contribution is 0.415. The number of methoxy groups -OCH3 is 1. The molecule has 21 heavy (non-hydrogen) atoms. The number of rotatable bonds is 3. The molecule has 1 aromatic heterocycles. The predicted molar refractivity (Wildman–Crippen MR) is 85.2 cm³/mol. The Morgan fingerprint density at radius 2 is 2.00 bits per heavy atom. The van der Waals surface area contributed by atoms with E-state index in [1.165, 1.54) is 6.33 Å². The first-order chi connectivity index (χ1) is 10.2. The Morgan fingerprint density at radius 3 is 2.81 bits per heavy atom. The number of hydrogen-bond donors (Lipinski definition) is 2. The van der Waals surface area contributed by atoms with Crippen LogP contribution in [-0.2, 0) is 0 Å². The zero-order chi connectivity index (χ0) is 14.8. The summed E-state index contributed by atoms with van der Waals surface area (Å²) in [7, 11) is 1.61. The van der Waals surface area contributed by atoms with Crippen molar-refractivity contribution in [2.75, 3.05) is 18.2 Å². The van der Waals surface area contributed by atoms with Gasteiger partial charge in [0, 0.05) is 17.1 Å². The zero-order valence-electron chi connectivity index (χ0n) is 11.3. The molecule has 0 radical (unpaired) electrons. The van der Waals surface area contributed by atoms with Crippen LogP contribution in [0.2, 0.25) is 5.02 Å². The smallest absolute Gasteiger partial charge is 0.141 e. The highest BCUT2D eigenvalue weighted by molar-refractivity contribution is 6.33. The minimum Gasteiger partial charge on any atom is -0.497 e. The lowest BCUT2D eigenvalue weighted by Gasteiger charge is -2.11. The van der Waals surface area contributed by atoms with E-state index < -0.39 is 0 Å². The maximum atomic E-state index is 6.20. The summed E-state index contributed by atoms with van der Waals surface area (Å²) < 4.78 is 5.20. The van der Waals surface area contributed by atoms with Gasteiger partial charge in [0.05, 0.1) is 23.3 Å². The molecule has 0 saturated heterocycles. The molecule has 0 amide bonds. The fraction of sp³-hybridized carbons (Fsp3) is 0.0667. The minimum absolute atomic E-state index is 0.581. The summed E-state index contributed by atoms with van der Waals surface area (Å²) in [6, 6.07) is 10.9. The topological polar surface area (TPSA) is 73.1 Å². The molecule has 5 nitrogen and oxygen atoms in total. The highest BCUT2D eigenvalue weighted by atomic mass is 35.5. The molecule has 106 valence electrons. The number of ether oxygens (including phenoxy) is 1. The Kier molecular flexibility index (Phi) is 3.50. The normalized spacial score (nSPS) is 10.6. The van der Waals surface area contributed by atoms with Crippen LogP contribution in [0.5, 0.6) is 5.75 Å². The molecule has 1 heterocycles. The van der Waals surface area contributed by atoms with Crippen molar-refractivity contribution in [3.8, 4) is 5.75 Å². The summed E-state index contributed by atoms with van der Waals surface area (Å²) in [5.74, 6) is 1.37. The minimum atomic E-state index is 0.581. The highest BCUT2D eigenvalue weighted by Gasteiger charge is 2.08. The fourth-order valence-electron chi connectivity index (χ4n) is 2.03. The molecule has 0 aliphatic rings. The number of aromatic nitrogens is 2.